The Labute approximate surface area is 60.7 Å². The molecule has 0 aromatic carbocycles. The van der Waals surface area contributed by atoms with Gasteiger partial charge in [-0.25, -0.2) is 0 Å². The van der Waals surface area contributed by atoms with Crippen molar-refractivity contribution in [2.45, 2.75) is 19.1 Å². The number of thioether (sulfide) groups is 1. The third kappa shape index (κ3) is 1.65. The first-order chi connectivity index (χ1) is 4.50. The number of nitrogens with zero attached hydrogens (tertiary/aromatic N) is 1. The Morgan fingerprint density at radius 3 is 2.40 bits per heavy atom. The van der Waals surface area contributed by atoms with E-state index in [0.717, 1.165) is 11.8 Å². The molecule has 1 nitrogen and oxygen atoms in total. The maximum Gasteiger partial charge on any atom is 0.411 e. The standard InChI is InChI=1S/C5H6F3NS/c1-3-9-4(2-10-3)5(6,7)8/h4H,2H2,1H3/t4-/m1/s1. The van der Waals surface area contributed by atoms with Crippen LogP contribution in [0.25, 0.3) is 0 Å². The van der Waals surface area contributed by atoms with Crippen molar-refractivity contribution in [3.05, 3.63) is 0 Å². The molecule has 0 bridgehead atoms. The molecule has 0 aromatic heterocycles. The fourth-order valence-corrected chi connectivity index (χ4v) is 1.53. The molecule has 0 spiro atoms. The van der Waals surface area contributed by atoms with Crippen molar-refractivity contribution in [3.8, 4) is 0 Å². The molecule has 0 unspecified atom stereocenters. The largest absolute Gasteiger partial charge is 0.411 e. The van der Waals surface area contributed by atoms with Gasteiger partial charge in [-0.1, -0.05) is 0 Å². The molecule has 1 aliphatic rings. The topological polar surface area (TPSA) is 12.4 Å². The van der Waals surface area contributed by atoms with E-state index in [0.29, 0.717) is 5.04 Å². The Kier molecular flexibility index (Phi) is 1.94. The highest BCUT2D eigenvalue weighted by Gasteiger charge is 2.41. The summed E-state index contributed by atoms with van der Waals surface area (Å²) in [4.78, 5) is 3.41. The Morgan fingerprint density at radius 1 is 1.60 bits per heavy atom. The van der Waals surface area contributed by atoms with Crippen LogP contribution in [0.2, 0.25) is 0 Å². The van der Waals surface area contributed by atoms with Gasteiger partial charge in [0, 0.05) is 5.75 Å². The minimum Gasteiger partial charge on any atom is -0.269 e. The van der Waals surface area contributed by atoms with E-state index in [-0.39, 0.29) is 5.75 Å². The molecular formula is C5H6F3NS. The zero-order valence-electron chi connectivity index (χ0n) is 5.27. The molecule has 5 heteroatoms. The quantitative estimate of drug-likeness (QED) is 0.540. The molecule has 0 aliphatic carbocycles. The summed E-state index contributed by atoms with van der Waals surface area (Å²) >= 11 is 1.16. The highest BCUT2D eigenvalue weighted by Crippen LogP contribution is 2.30. The van der Waals surface area contributed by atoms with E-state index in [9.17, 15) is 13.2 Å². The van der Waals surface area contributed by atoms with E-state index in [4.69, 9.17) is 0 Å². The Balaban J connectivity index is 2.61. The molecule has 0 N–H and O–H groups in total. The van der Waals surface area contributed by atoms with Crippen LogP contribution in [-0.2, 0) is 0 Å². The highest BCUT2D eigenvalue weighted by atomic mass is 32.2. The number of hydrogen-bond donors (Lipinski definition) is 0. The Hall–Kier alpha value is -0.190. The molecular weight excluding hydrogens is 163 g/mol. The average Bonchev–Trinajstić information content (AvgIpc) is 2.11. The summed E-state index contributed by atoms with van der Waals surface area (Å²) in [5.41, 5.74) is 0. The van der Waals surface area contributed by atoms with E-state index in [1.54, 1.807) is 6.92 Å². The normalized spacial score (nSPS) is 26.8. The minimum atomic E-state index is -4.15. The first-order valence-corrected chi connectivity index (χ1v) is 3.72. The molecule has 0 aromatic rings. The highest BCUT2D eigenvalue weighted by molar-refractivity contribution is 8.14. The van der Waals surface area contributed by atoms with Crippen molar-refractivity contribution in [3.63, 3.8) is 0 Å². The van der Waals surface area contributed by atoms with Crippen LogP contribution in [0.5, 0.6) is 0 Å². The van der Waals surface area contributed by atoms with E-state index < -0.39 is 12.2 Å². The predicted molar refractivity (Wildman–Crippen MR) is 35.4 cm³/mol. The van der Waals surface area contributed by atoms with Crippen LogP contribution in [-0.4, -0.2) is 23.0 Å². The number of halogens is 3. The molecule has 0 saturated heterocycles. The predicted octanol–water partition coefficient (Wildman–Crippen LogP) is 2.08. The van der Waals surface area contributed by atoms with Crippen molar-refractivity contribution < 1.29 is 13.2 Å². The fraction of sp³-hybridized carbons (Fsp3) is 0.800. The molecule has 58 valence electrons. The molecule has 1 rings (SSSR count). The van der Waals surface area contributed by atoms with E-state index >= 15 is 0 Å². The first-order valence-electron chi connectivity index (χ1n) is 2.74. The molecule has 10 heavy (non-hydrogen) atoms. The monoisotopic (exact) mass is 169 g/mol. The van der Waals surface area contributed by atoms with Gasteiger partial charge in [0.2, 0.25) is 0 Å². The van der Waals surface area contributed by atoms with Crippen molar-refractivity contribution in [1.29, 1.82) is 0 Å². The zero-order chi connectivity index (χ0) is 7.78. The van der Waals surface area contributed by atoms with Crippen LogP contribution in [0.4, 0.5) is 13.2 Å². The van der Waals surface area contributed by atoms with Crippen molar-refractivity contribution >= 4 is 16.8 Å². The molecule has 0 radical (unpaired) electrons. The van der Waals surface area contributed by atoms with Gasteiger partial charge in [0.1, 0.15) is 0 Å². The van der Waals surface area contributed by atoms with Crippen LogP contribution in [0.15, 0.2) is 4.99 Å². The summed E-state index contributed by atoms with van der Waals surface area (Å²) < 4.78 is 35.4. The Bertz CT molecular complexity index is 163. The van der Waals surface area contributed by atoms with Crippen LogP contribution in [0, 0.1) is 0 Å². The van der Waals surface area contributed by atoms with Gasteiger partial charge in [0.15, 0.2) is 6.04 Å². The number of hydrogen-bond acceptors (Lipinski definition) is 2. The number of aliphatic imine (C=N–C) groups is 1. The molecule has 1 aliphatic heterocycles. The second-order valence-corrected chi connectivity index (χ2v) is 3.23. The molecule has 0 fully saturated rings. The first kappa shape index (κ1) is 7.91. The number of rotatable bonds is 0. The second-order valence-electron chi connectivity index (χ2n) is 2.02. The average molecular weight is 169 g/mol. The SMILES string of the molecule is CC1=N[C@@H](C(F)(F)F)CS1. The third-order valence-corrected chi connectivity index (χ3v) is 2.17. The van der Waals surface area contributed by atoms with Gasteiger partial charge in [-0.15, -0.1) is 11.8 Å². The summed E-state index contributed by atoms with van der Waals surface area (Å²) in [6.45, 7) is 1.59. The van der Waals surface area contributed by atoms with Crippen molar-refractivity contribution in [1.82, 2.24) is 0 Å². The lowest BCUT2D eigenvalue weighted by Gasteiger charge is -2.09. The van der Waals surface area contributed by atoms with Crippen molar-refractivity contribution in [2.75, 3.05) is 5.75 Å². The zero-order valence-corrected chi connectivity index (χ0v) is 6.09. The summed E-state index contributed by atoms with van der Waals surface area (Å²) in [6, 6.07) is -1.46. The van der Waals surface area contributed by atoms with Crippen LogP contribution in [0.3, 0.4) is 0 Å². The van der Waals surface area contributed by atoms with Crippen LogP contribution < -0.4 is 0 Å². The number of alkyl halides is 3. The summed E-state index contributed by atoms with van der Waals surface area (Å²) in [6.07, 6.45) is -4.15. The molecule has 0 amide bonds. The molecule has 1 heterocycles. The summed E-state index contributed by atoms with van der Waals surface area (Å²) in [5.74, 6) is 0.0509. The van der Waals surface area contributed by atoms with E-state index in [2.05, 4.69) is 4.99 Å². The maximum absolute atomic E-state index is 11.8. The van der Waals surface area contributed by atoms with Crippen LogP contribution >= 0.6 is 11.8 Å². The van der Waals surface area contributed by atoms with Crippen molar-refractivity contribution in [2.24, 2.45) is 4.99 Å². The smallest absolute Gasteiger partial charge is 0.269 e. The minimum absolute atomic E-state index is 0.0509. The third-order valence-electron chi connectivity index (χ3n) is 1.17. The van der Waals surface area contributed by atoms with Gasteiger partial charge >= 0.3 is 6.18 Å². The second kappa shape index (κ2) is 2.45. The van der Waals surface area contributed by atoms with Gasteiger partial charge in [0.05, 0.1) is 5.04 Å². The molecule has 1 atom stereocenters. The lowest BCUT2D eigenvalue weighted by Crippen LogP contribution is -2.26. The summed E-state index contributed by atoms with van der Waals surface area (Å²) in [7, 11) is 0. The van der Waals surface area contributed by atoms with E-state index in [1.807, 2.05) is 0 Å². The molecule has 0 saturated carbocycles. The lowest BCUT2D eigenvalue weighted by molar-refractivity contribution is -0.141. The lowest BCUT2D eigenvalue weighted by atomic mass is 10.3. The van der Waals surface area contributed by atoms with Crippen LogP contribution in [0.1, 0.15) is 6.92 Å². The van der Waals surface area contributed by atoms with Gasteiger partial charge in [-0.05, 0) is 6.92 Å². The maximum atomic E-state index is 11.8. The fourth-order valence-electron chi connectivity index (χ4n) is 0.661. The van der Waals surface area contributed by atoms with Gasteiger partial charge in [0.25, 0.3) is 0 Å². The summed E-state index contributed by atoms with van der Waals surface area (Å²) in [5, 5.41) is 0.530. The van der Waals surface area contributed by atoms with E-state index in [1.165, 1.54) is 0 Å². The van der Waals surface area contributed by atoms with Gasteiger partial charge < -0.3 is 0 Å². The van der Waals surface area contributed by atoms with Gasteiger partial charge in [-0.2, -0.15) is 13.2 Å². The Morgan fingerprint density at radius 2 is 2.20 bits per heavy atom. The van der Waals surface area contributed by atoms with Gasteiger partial charge in [-0.3, -0.25) is 4.99 Å².